The van der Waals surface area contributed by atoms with Crippen LogP contribution < -0.4 is 5.48 Å². The van der Waals surface area contributed by atoms with Crippen molar-refractivity contribution in [2.75, 3.05) is 0 Å². The molecule has 1 heterocycles. The van der Waals surface area contributed by atoms with Crippen molar-refractivity contribution >= 4 is 16.9 Å². The lowest BCUT2D eigenvalue weighted by atomic mass is 10.1. The van der Waals surface area contributed by atoms with Gasteiger partial charge in [0.05, 0.1) is 29.1 Å². The van der Waals surface area contributed by atoms with Gasteiger partial charge >= 0.3 is 0 Å². The van der Waals surface area contributed by atoms with Gasteiger partial charge in [0.2, 0.25) is 0 Å². The topological polar surface area (TPSA) is 64.1 Å². The van der Waals surface area contributed by atoms with E-state index in [0.29, 0.717) is 22.4 Å². The standard InChI is InChI=1S/C18H16FN3O2/c1-11-12(2)21-17-15(8-14(19)9-16(17)20-11)18(23)22-24-10-13-6-4-3-5-7-13/h3-9H,10H2,1-2H3,(H,22,23). The van der Waals surface area contributed by atoms with Gasteiger partial charge in [-0.1, -0.05) is 30.3 Å². The molecule has 0 bridgehead atoms. The van der Waals surface area contributed by atoms with Crippen molar-refractivity contribution in [3.05, 3.63) is 70.8 Å². The lowest BCUT2D eigenvalue weighted by Gasteiger charge is -2.09. The molecule has 2 aromatic carbocycles. The summed E-state index contributed by atoms with van der Waals surface area (Å²) in [6, 6.07) is 11.8. The third-order valence-electron chi connectivity index (χ3n) is 3.64. The number of hydrogen-bond donors (Lipinski definition) is 1. The molecule has 3 aromatic rings. The van der Waals surface area contributed by atoms with Crippen LogP contribution in [0.1, 0.15) is 27.3 Å². The van der Waals surface area contributed by atoms with Gasteiger partial charge in [-0.25, -0.2) is 19.8 Å². The second-order valence-electron chi connectivity index (χ2n) is 5.42. The smallest absolute Gasteiger partial charge is 0.269 e. The highest BCUT2D eigenvalue weighted by Crippen LogP contribution is 2.19. The molecule has 122 valence electrons. The molecule has 0 atom stereocenters. The molecule has 0 fully saturated rings. The Bertz CT molecular complexity index is 898. The average molecular weight is 325 g/mol. The van der Waals surface area contributed by atoms with E-state index in [1.165, 1.54) is 6.07 Å². The largest absolute Gasteiger partial charge is 0.277 e. The Hall–Kier alpha value is -2.86. The van der Waals surface area contributed by atoms with Crippen molar-refractivity contribution in [1.82, 2.24) is 15.4 Å². The third kappa shape index (κ3) is 3.38. The van der Waals surface area contributed by atoms with Crippen molar-refractivity contribution in [3.63, 3.8) is 0 Å². The summed E-state index contributed by atoms with van der Waals surface area (Å²) in [7, 11) is 0. The zero-order chi connectivity index (χ0) is 17.1. The summed E-state index contributed by atoms with van der Waals surface area (Å²) < 4.78 is 13.8. The molecule has 3 rings (SSSR count). The molecular weight excluding hydrogens is 309 g/mol. The summed E-state index contributed by atoms with van der Waals surface area (Å²) in [5.74, 6) is -1.11. The van der Waals surface area contributed by atoms with Gasteiger partial charge in [-0.15, -0.1) is 0 Å². The number of halogens is 1. The summed E-state index contributed by atoms with van der Waals surface area (Å²) in [5.41, 5.74) is 5.40. The highest BCUT2D eigenvalue weighted by atomic mass is 19.1. The minimum absolute atomic E-state index is 0.0914. The van der Waals surface area contributed by atoms with E-state index < -0.39 is 11.7 Å². The Labute approximate surface area is 138 Å². The van der Waals surface area contributed by atoms with Gasteiger partial charge in [-0.05, 0) is 25.5 Å². The maximum atomic E-state index is 13.8. The number of nitrogens with zero attached hydrogens (tertiary/aromatic N) is 2. The Balaban J connectivity index is 1.82. The fourth-order valence-corrected chi connectivity index (χ4v) is 2.29. The summed E-state index contributed by atoms with van der Waals surface area (Å²) in [6.45, 7) is 3.79. The van der Waals surface area contributed by atoms with Gasteiger partial charge in [-0.3, -0.25) is 9.63 Å². The fraction of sp³-hybridized carbons (Fsp3) is 0.167. The number of hydroxylamine groups is 1. The van der Waals surface area contributed by atoms with Crippen LogP contribution >= 0.6 is 0 Å². The Morgan fingerprint density at radius 2 is 1.83 bits per heavy atom. The van der Waals surface area contributed by atoms with Crippen LogP contribution in [0, 0.1) is 19.7 Å². The van der Waals surface area contributed by atoms with Crippen molar-refractivity contribution in [3.8, 4) is 0 Å². The predicted octanol–water partition coefficient (Wildman–Crippen LogP) is 3.25. The van der Waals surface area contributed by atoms with Crippen LogP contribution in [0.2, 0.25) is 0 Å². The van der Waals surface area contributed by atoms with Gasteiger partial charge in [0.1, 0.15) is 11.3 Å². The first-order valence-corrected chi connectivity index (χ1v) is 7.45. The molecule has 0 aliphatic rings. The minimum atomic E-state index is -0.562. The molecule has 1 N–H and O–H groups in total. The molecule has 6 heteroatoms. The monoisotopic (exact) mass is 325 g/mol. The SMILES string of the molecule is Cc1nc2cc(F)cc(C(=O)NOCc3ccccc3)c2nc1C. The summed E-state index contributed by atoms with van der Waals surface area (Å²) in [6.07, 6.45) is 0. The second-order valence-corrected chi connectivity index (χ2v) is 5.42. The van der Waals surface area contributed by atoms with Crippen molar-refractivity contribution < 1.29 is 14.0 Å². The summed E-state index contributed by atoms with van der Waals surface area (Å²) in [4.78, 5) is 26.2. The van der Waals surface area contributed by atoms with Gasteiger partial charge in [0.15, 0.2) is 0 Å². The van der Waals surface area contributed by atoms with Crippen LogP contribution in [0.4, 0.5) is 4.39 Å². The fourth-order valence-electron chi connectivity index (χ4n) is 2.29. The molecule has 24 heavy (non-hydrogen) atoms. The molecule has 0 aliphatic heterocycles. The molecule has 5 nitrogen and oxygen atoms in total. The molecule has 0 saturated carbocycles. The maximum absolute atomic E-state index is 13.8. The van der Waals surface area contributed by atoms with Gasteiger partial charge < -0.3 is 0 Å². The normalized spacial score (nSPS) is 10.8. The first-order chi connectivity index (χ1) is 11.5. The van der Waals surface area contributed by atoms with E-state index in [1.54, 1.807) is 13.8 Å². The Morgan fingerprint density at radius 1 is 1.12 bits per heavy atom. The molecule has 1 aromatic heterocycles. The zero-order valence-corrected chi connectivity index (χ0v) is 13.3. The minimum Gasteiger partial charge on any atom is -0.269 e. The lowest BCUT2D eigenvalue weighted by Crippen LogP contribution is -2.24. The maximum Gasteiger partial charge on any atom is 0.277 e. The van der Waals surface area contributed by atoms with Gasteiger partial charge in [0, 0.05) is 6.07 Å². The number of benzene rings is 2. The van der Waals surface area contributed by atoms with Crippen LogP contribution in [0.5, 0.6) is 0 Å². The van der Waals surface area contributed by atoms with E-state index in [0.717, 1.165) is 11.6 Å². The van der Waals surface area contributed by atoms with E-state index in [2.05, 4.69) is 15.4 Å². The number of aryl methyl sites for hydroxylation is 2. The third-order valence-corrected chi connectivity index (χ3v) is 3.64. The van der Waals surface area contributed by atoms with Crippen molar-refractivity contribution in [1.29, 1.82) is 0 Å². The van der Waals surface area contributed by atoms with E-state index in [1.807, 2.05) is 30.3 Å². The van der Waals surface area contributed by atoms with Crippen LogP contribution in [-0.4, -0.2) is 15.9 Å². The number of fused-ring (bicyclic) bond motifs is 1. The summed E-state index contributed by atoms with van der Waals surface area (Å²) >= 11 is 0. The molecule has 0 saturated heterocycles. The number of carbonyl (C=O) groups excluding carboxylic acids is 1. The number of aromatic nitrogens is 2. The quantitative estimate of drug-likeness (QED) is 0.748. The Kier molecular flexibility index (Phi) is 4.48. The van der Waals surface area contributed by atoms with Gasteiger partial charge in [-0.2, -0.15) is 0 Å². The number of carbonyl (C=O) groups is 1. The number of amides is 1. The Morgan fingerprint density at radius 3 is 2.58 bits per heavy atom. The average Bonchev–Trinajstić information content (AvgIpc) is 2.56. The van der Waals surface area contributed by atoms with Crippen molar-refractivity contribution in [2.45, 2.75) is 20.5 Å². The predicted molar refractivity (Wildman–Crippen MR) is 87.7 cm³/mol. The molecule has 0 radical (unpaired) electrons. The lowest BCUT2D eigenvalue weighted by molar-refractivity contribution is 0.0234. The van der Waals surface area contributed by atoms with E-state index in [4.69, 9.17) is 4.84 Å². The molecule has 1 amide bonds. The first kappa shape index (κ1) is 16.0. The molecule has 0 unspecified atom stereocenters. The van der Waals surface area contributed by atoms with Crippen LogP contribution in [-0.2, 0) is 11.4 Å². The first-order valence-electron chi connectivity index (χ1n) is 7.45. The van der Waals surface area contributed by atoms with E-state index in [-0.39, 0.29) is 12.2 Å². The van der Waals surface area contributed by atoms with Crippen LogP contribution in [0.15, 0.2) is 42.5 Å². The zero-order valence-electron chi connectivity index (χ0n) is 13.3. The molecular formula is C18H16FN3O2. The second kappa shape index (κ2) is 6.72. The highest BCUT2D eigenvalue weighted by molar-refractivity contribution is 6.04. The van der Waals surface area contributed by atoms with Crippen molar-refractivity contribution in [2.24, 2.45) is 0 Å². The van der Waals surface area contributed by atoms with E-state index in [9.17, 15) is 9.18 Å². The number of nitrogens with one attached hydrogen (secondary N) is 1. The number of rotatable bonds is 4. The highest BCUT2D eigenvalue weighted by Gasteiger charge is 2.15. The molecule has 0 spiro atoms. The summed E-state index contributed by atoms with van der Waals surface area (Å²) in [5, 5.41) is 0. The van der Waals surface area contributed by atoms with Crippen LogP contribution in [0.25, 0.3) is 11.0 Å². The molecule has 0 aliphatic carbocycles. The van der Waals surface area contributed by atoms with Gasteiger partial charge in [0.25, 0.3) is 5.91 Å². The van der Waals surface area contributed by atoms with E-state index >= 15 is 0 Å². The van der Waals surface area contributed by atoms with Crippen LogP contribution in [0.3, 0.4) is 0 Å². The number of hydrogen-bond acceptors (Lipinski definition) is 4.